The number of carbonyl (C=O) groups excluding carboxylic acids is 3. The molecular formula is C45H50N8O9. The number of hydrogen-bond donors (Lipinski definition) is 2. The van der Waals surface area contributed by atoms with Gasteiger partial charge < -0.3 is 48.8 Å². The van der Waals surface area contributed by atoms with Gasteiger partial charge in [0.05, 0.1) is 64.9 Å². The molecule has 1 aliphatic carbocycles. The Labute approximate surface area is 358 Å². The number of aromatic carboxylic acids is 1. The Hall–Kier alpha value is -6.66. The number of carboxylic acid groups (broad SMARTS) is 1. The maximum Gasteiger partial charge on any atom is 0.251 e. The molecule has 17 nitrogen and oxygen atoms in total. The number of ether oxygens (including phenoxy) is 4. The van der Waals surface area contributed by atoms with Crippen LogP contribution in [0.15, 0.2) is 89.6 Å². The van der Waals surface area contributed by atoms with Crippen molar-refractivity contribution in [1.29, 1.82) is 0 Å². The Kier molecular flexibility index (Phi) is 16.1. The smallest absolute Gasteiger partial charge is 0.251 e. The molecule has 17 heteroatoms. The molecule has 0 atom stereocenters. The number of anilines is 1. The van der Waals surface area contributed by atoms with Gasteiger partial charge in [0, 0.05) is 84.6 Å². The monoisotopic (exact) mass is 846 g/mol. The summed E-state index contributed by atoms with van der Waals surface area (Å²) in [6.45, 7) is 3.20. The zero-order valence-electron chi connectivity index (χ0n) is 35.2. The SMILES string of the molecule is CN(C)c1ccc2c(-c3ccc(C(=O)NCCOCCOCCOCCOCCC(=O)NCc4ccc(-c5nncnn5)cc4)cc3C(=O)[O-])c3ccc(=[N+](C)C)cc-3oc2c1. The lowest BCUT2D eigenvalue weighted by Gasteiger charge is -2.20. The third kappa shape index (κ3) is 12.2. The molecule has 1 aromatic heterocycles. The molecule has 0 fully saturated rings. The summed E-state index contributed by atoms with van der Waals surface area (Å²) in [5, 5.41) is 35.2. The Balaban J connectivity index is 0.859. The first-order chi connectivity index (χ1) is 30.1. The number of rotatable bonds is 22. The minimum atomic E-state index is -1.40. The lowest BCUT2D eigenvalue weighted by Crippen LogP contribution is -2.29. The van der Waals surface area contributed by atoms with Crippen molar-refractivity contribution in [2.24, 2.45) is 0 Å². The summed E-state index contributed by atoms with van der Waals surface area (Å²) in [6.07, 6.45) is 1.50. The van der Waals surface area contributed by atoms with E-state index in [1.54, 1.807) is 12.1 Å². The van der Waals surface area contributed by atoms with Gasteiger partial charge in [-0.25, -0.2) is 4.58 Å². The highest BCUT2D eigenvalue weighted by atomic mass is 16.6. The van der Waals surface area contributed by atoms with Gasteiger partial charge in [-0.05, 0) is 41.5 Å². The van der Waals surface area contributed by atoms with Crippen molar-refractivity contribution in [1.82, 2.24) is 35.6 Å². The molecule has 0 saturated heterocycles. The van der Waals surface area contributed by atoms with Gasteiger partial charge in [-0.15, -0.1) is 20.4 Å². The van der Waals surface area contributed by atoms with Gasteiger partial charge in [0.15, 0.2) is 6.33 Å². The molecule has 2 N–H and O–H groups in total. The second kappa shape index (κ2) is 22.3. The first-order valence-electron chi connectivity index (χ1n) is 20.1. The van der Waals surface area contributed by atoms with Gasteiger partial charge in [-0.2, -0.15) is 0 Å². The number of carboxylic acids is 1. The van der Waals surface area contributed by atoms with Gasteiger partial charge in [-0.3, -0.25) is 9.59 Å². The van der Waals surface area contributed by atoms with E-state index >= 15 is 0 Å². The summed E-state index contributed by atoms with van der Waals surface area (Å²) in [5.41, 5.74) is 5.10. The molecule has 2 heterocycles. The average Bonchev–Trinajstić information content (AvgIpc) is 3.28. The number of carbonyl (C=O) groups is 3. The van der Waals surface area contributed by atoms with Crippen LogP contribution in [0.1, 0.15) is 32.7 Å². The molecule has 0 spiro atoms. The Bertz CT molecular complexity index is 2490. The normalized spacial score (nSPS) is 11.2. The molecular weight excluding hydrogens is 797 g/mol. The fraction of sp³-hybridized carbons (Fsp3) is 0.333. The number of fused-ring (bicyclic) bond motifs is 2. The van der Waals surface area contributed by atoms with Crippen LogP contribution in [0.25, 0.3) is 44.8 Å². The summed E-state index contributed by atoms with van der Waals surface area (Å²) >= 11 is 0. The van der Waals surface area contributed by atoms with Crippen molar-refractivity contribution in [2.75, 3.05) is 92.5 Å². The quantitative estimate of drug-likeness (QED) is 0.0572. The number of nitrogens with zero attached hydrogens (tertiary/aromatic N) is 6. The van der Waals surface area contributed by atoms with Crippen LogP contribution in [0.5, 0.6) is 0 Å². The van der Waals surface area contributed by atoms with Gasteiger partial charge in [-0.1, -0.05) is 30.3 Å². The summed E-state index contributed by atoms with van der Waals surface area (Å²) < 4.78 is 30.5. The summed E-state index contributed by atoms with van der Waals surface area (Å²) in [4.78, 5) is 39.8. The van der Waals surface area contributed by atoms with Crippen LogP contribution in [0, 0.1) is 0 Å². The van der Waals surface area contributed by atoms with E-state index in [0.29, 0.717) is 74.5 Å². The molecule has 0 unspecified atom stereocenters. The summed E-state index contributed by atoms with van der Waals surface area (Å²) in [6, 6.07) is 23.6. The molecule has 2 aliphatic rings. The van der Waals surface area contributed by atoms with Gasteiger partial charge in [0.2, 0.25) is 17.1 Å². The number of aromatic nitrogens is 4. The Morgan fingerprint density at radius 2 is 1.40 bits per heavy atom. The number of nitrogens with one attached hydrogen (secondary N) is 2. The van der Waals surface area contributed by atoms with E-state index in [0.717, 1.165) is 33.1 Å². The van der Waals surface area contributed by atoms with Crippen LogP contribution in [0.3, 0.4) is 0 Å². The largest absolute Gasteiger partial charge is 0.545 e. The molecule has 0 saturated carbocycles. The van der Waals surface area contributed by atoms with Crippen molar-refractivity contribution < 1.29 is 42.9 Å². The summed E-state index contributed by atoms with van der Waals surface area (Å²) in [7, 11) is 7.74. The topological polar surface area (TPSA) is 206 Å². The van der Waals surface area contributed by atoms with Crippen molar-refractivity contribution in [3.8, 4) is 33.8 Å². The molecule has 4 aromatic rings. The van der Waals surface area contributed by atoms with Crippen molar-refractivity contribution in [3.05, 3.63) is 107 Å². The van der Waals surface area contributed by atoms with E-state index < -0.39 is 11.9 Å². The van der Waals surface area contributed by atoms with Crippen molar-refractivity contribution >= 4 is 34.4 Å². The summed E-state index contributed by atoms with van der Waals surface area (Å²) in [5.74, 6) is -0.945. The zero-order valence-corrected chi connectivity index (χ0v) is 35.2. The highest BCUT2D eigenvalue weighted by molar-refractivity contribution is 6.09. The lowest BCUT2D eigenvalue weighted by atomic mass is 9.89. The third-order valence-electron chi connectivity index (χ3n) is 9.72. The van der Waals surface area contributed by atoms with E-state index in [-0.39, 0.29) is 43.2 Å². The number of benzene rings is 4. The lowest BCUT2D eigenvalue weighted by molar-refractivity contribution is -0.254. The second-order valence-electron chi connectivity index (χ2n) is 14.5. The van der Waals surface area contributed by atoms with Gasteiger partial charge >= 0.3 is 0 Å². The Morgan fingerprint density at radius 1 is 0.742 bits per heavy atom. The van der Waals surface area contributed by atoms with E-state index in [9.17, 15) is 19.5 Å². The first kappa shape index (κ1) is 44.9. The molecule has 0 bridgehead atoms. The van der Waals surface area contributed by atoms with Gasteiger partial charge in [0.1, 0.15) is 25.4 Å². The Morgan fingerprint density at radius 3 is 2.06 bits per heavy atom. The van der Waals surface area contributed by atoms with E-state index in [1.807, 2.05) is 98.3 Å². The van der Waals surface area contributed by atoms with Crippen molar-refractivity contribution in [3.63, 3.8) is 0 Å². The van der Waals surface area contributed by atoms with E-state index in [1.165, 1.54) is 12.4 Å². The van der Waals surface area contributed by atoms with E-state index in [4.69, 9.17) is 23.4 Å². The fourth-order valence-corrected chi connectivity index (χ4v) is 6.43. The molecule has 62 heavy (non-hydrogen) atoms. The maximum atomic E-state index is 13.1. The highest BCUT2D eigenvalue weighted by Crippen LogP contribution is 2.42. The highest BCUT2D eigenvalue weighted by Gasteiger charge is 2.22. The molecule has 324 valence electrons. The second-order valence-corrected chi connectivity index (χ2v) is 14.5. The van der Waals surface area contributed by atoms with Crippen LogP contribution in [0.2, 0.25) is 0 Å². The zero-order chi connectivity index (χ0) is 43.8. The van der Waals surface area contributed by atoms with Crippen molar-refractivity contribution in [2.45, 2.75) is 13.0 Å². The average molecular weight is 847 g/mol. The van der Waals surface area contributed by atoms with E-state index in [2.05, 4.69) is 31.0 Å². The van der Waals surface area contributed by atoms with Crippen LogP contribution in [-0.4, -0.2) is 126 Å². The van der Waals surface area contributed by atoms with Crippen LogP contribution in [-0.2, 0) is 30.3 Å². The minimum absolute atomic E-state index is 0.114. The predicted molar refractivity (Wildman–Crippen MR) is 229 cm³/mol. The number of hydrogen-bond acceptors (Lipinski definition) is 14. The molecule has 6 rings (SSSR count). The molecule has 1 aliphatic heterocycles. The minimum Gasteiger partial charge on any atom is -0.545 e. The number of amides is 2. The fourth-order valence-electron chi connectivity index (χ4n) is 6.43. The van der Waals surface area contributed by atoms with Gasteiger partial charge in [0.25, 0.3) is 5.91 Å². The van der Waals surface area contributed by atoms with Crippen LogP contribution < -0.4 is 30.6 Å². The third-order valence-corrected chi connectivity index (χ3v) is 9.72. The maximum absolute atomic E-state index is 13.1. The first-order valence-corrected chi connectivity index (χ1v) is 20.1. The van der Waals surface area contributed by atoms with Crippen LogP contribution in [0.4, 0.5) is 5.69 Å². The standard InChI is InChI=1S/C45H50N8O9/c1-52(2)33-10-13-36-39(26-33)62-40-27-34(53(3)4)11-14-37(40)42(36)35-12-9-32(25-38(35)45(56)57)44(55)46-16-18-59-20-22-61-24-23-60-21-19-58-17-15-41(54)47-28-30-5-7-31(8-6-30)43-50-48-29-49-51-43/h5-14,25-27,29H,15-24,28H2,1-4H3,(H2-,46,47,54,55,56,57). The molecule has 3 aromatic carbocycles. The molecule has 2 amide bonds. The molecule has 0 radical (unpaired) electrons. The van der Waals surface area contributed by atoms with Crippen LogP contribution >= 0.6 is 0 Å². The predicted octanol–water partition coefficient (Wildman–Crippen LogP) is 2.42.